The average Bonchev–Trinajstić information content (AvgIpc) is 2.73. The molecule has 0 saturated carbocycles. The number of hydrogen-bond acceptors (Lipinski definition) is 6. The fourth-order valence-electron chi connectivity index (χ4n) is 1.45. The minimum atomic E-state index is -0.225. The molecule has 0 fully saturated rings. The van der Waals surface area contributed by atoms with Gasteiger partial charge in [-0.1, -0.05) is 0 Å². The zero-order chi connectivity index (χ0) is 14.0. The summed E-state index contributed by atoms with van der Waals surface area (Å²) in [5.74, 6) is 0.514. The van der Waals surface area contributed by atoms with Gasteiger partial charge in [-0.05, 0) is 41.5 Å². The molecule has 0 bridgehead atoms. The highest BCUT2D eigenvalue weighted by Gasteiger charge is 2.15. The van der Waals surface area contributed by atoms with Crippen molar-refractivity contribution in [3.63, 3.8) is 0 Å². The number of anilines is 1. The Morgan fingerprint density at radius 3 is 2.89 bits per heavy atom. The number of H-pyrrole nitrogens is 1. The Balaban J connectivity index is 2.39. The van der Waals surface area contributed by atoms with E-state index in [1.165, 1.54) is 11.8 Å². The van der Waals surface area contributed by atoms with Crippen molar-refractivity contribution in [2.24, 2.45) is 0 Å². The van der Waals surface area contributed by atoms with E-state index >= 15 is 0 Å². The highest BCUT2D eigenvalue weighted by molar-refractivity contribution is 9.10. The van der Waals surface area contributed by atoms with Crippen LogP contribution in [-0.2, 0) is 0 Å². The Morgan fingerprint density at radius 2 is 2.26 bits per heavy atom. The van der Waals surface area contributed by atoms with Crippen LogP contribution in [0.3, 0.4) is 0 Å². The lowest BCUT2D eigenvalue weighted by Crippen LogP contribution is -2.19. The molecule has 2 rings (SSSR count). The van der Waals surface area contributed by atoms with Crippen LogP contribution in [0, 0.1) is 0 Å². The maximum absolute atomic E-state index is 11.7. The summed E-state index contributed by atoms with van der Waals surface area (Å²) in [5.41, 5.74) is -0.225. The molecule has 0 saturated heterocycles. The Hall–Kier alpha value is -1.35. The SMILES string of the molecule is CNc1ncc(Br)c(Sc2n[nH]c(=O)n2C(C)C)n1. The van der Waals surface area contributed by atoms with E-state index in [4.69, 9.17) is 0 Å². The number of aromatic amines is 1. The lowest BCUT2D eigenvalue weighted by atomic mass is 10.4. The summed E-state index contributed by atoms with van der Waals surface area (Å²) in [5, 5.41) is 10.6. The van der Waals surface area contributed by atoms with Gasteiger partial charge < -0.3 is 5.32 Å². The summed E-state index contributed by atoms with van der Waals surface area (Å²) in [6.45, 7) is 3.85. The summed E-state index contributed by atoms with van der Waals surface area (Å²) in [4.78, 5) is 20.1. The van der Waals surface area contributed by atoms with E-state index in [0.717, 1.165) is 4.47 Å². The first kappa shape index (κ1) is 14.1. The molecular weight excluding hydrogens is 332 g/mol. The highest BCUT2D eigenvalue weighted by atomic mass is 79.9. The third-order valence-electron chi connectivity index (χ3n) is 2.31. The molecule has 0 spiro atoms. The number of nitrogens with one attached hydrogen (secondary N) is 2. The Kier molecular flexibility index (Phi) is 4.25. The Morgan fingerprint density at radius 1 is 1.53 bits per heavy atom. The fraction of sp³-hybridized carbons (Fsp3) is 0.400. The highest BCUT2D eigenvalue weighted by Crippen LogP contribution is 2.31. The van der Waals surface area contributed by atoms with Crippen LogP contribution in [0.25, 0.3) is 0 Å². The Bertz CT molecular complexity index is 637. The summed E-state index contributed by atoms with van der Waals surface area (Å²) in [6.07, 6.45) is 1.66. The molecule has 0 aromatic carbocycles. The fourth-order valence-corrected chi connectivity index (χ4v) is 2.82. The van der Waals surface area contributed by atoms with Gasteiger partial charge in [-0.3, -0.25) is 4.57 Å². The first-order chi connectivity index (χ1) is 9.02. The molecule has 0 aliphatic carbocycles. The van der Waals surface area contributed by atoms with Gasteiger partial charge in [0, 0.05) is 19.3 Å². The van der Waals surface area contributed by atoms with E-state index in [1.807, 2.05) is 13.8 Å². The molecule has 0 aliphatic rings. The zero-order valence-electron chi connectivity index (χ0n) is 10.6. The maximum atomic E-state index is 11.7. The van der Waals surface area contributed by atoms with Crippen LogP contribution in [-0.4, -0.2) is 31.8 Å². The molecule has 2 heterocycles. The molecule has 9 heteroatoms. The molecule has 0 unspecified atom stereocenters. The number of hydrogen-bond donors (Lipinski definition) is 2. The van der Waals surface area contributed by atoms with Gasteiger partial charge in [0.25, 0.3) is 0 Å². The molecule has 2 aromatic heterocycles. The molecule has 0 atom stereocenters. The minimum Gasteiger partial charge on any atom is -0.357 e. The van der Waals surface area contributed by atoms with Crippen LogP contribution < -0.4 is 11.0 Å². The normalized spacial score (nSPS) is 11.0. The van der Waals surface area contributed by atoms with Crippen LogP contribution >= 0.6 is 27.7 Å². The van der Waals surface area contributed by atoms with E-state index in [2.05, 4.69) is 41.4 Å². The standard InChI is InChI=1S/C10H13BrN6OS/c1-5(2)17-9(18)15-16-10(17)19-7-6(11)4-13-8(12-3)14-7/h4-5H,1-3H3,(H,15,18)(H,12,13,14). The second kappa shape index (κ2) is 5.74. The Labute approximate surface area is 122 Å². The predicted octanol–water partition coefficient (Wildman–Crippen LogP) is 1.90. The van der Waals surface area contributed by atoms with Gasteiger partial charge in [0.05, 0.1) is 4.47 Å². The van der Waals surface area contributed by atoms with Crippen molar-refractivity contribution < 1.29 is 0 Å². The van der Waals surface area contributed by atoms with Gasteiger partial charge >= 0.3 is 5.69 Å². The zero-order valence-corrected chi connectivity index (χ0v) is 13.0. The molecule has 7 nitrogen and oxygen atoms in total. The molecule has 2 aromatic rings. The van der Waals surface area contributed by atoms with Gasteiger partial charge in [-0.15, -0.1) is 5.10 Å². The van der Waals surface area contributed by atoms with Crippen molar-refractivity contribution >= 4 is 33.6 Å². The van der Waals surface area contributed by atoms with Gasteiger partial charge in [-0.2, -0.15) is 0 Å². The summed E-state index contributed by atoms with van der Waals surface area (Å²) in [7, 11) is 1.75. The summed E-state index contributed by atoms with van der Waals surface area (Å²) >= 11 is 4.69. The first-order valence-corrected chi connectivity index (χ1v) is 7.19. The van der Waals surface area contributed by atoms with E-state index in [0.29, 0.717) is 16.1 Å². The van der Waals surface area contributed by atoms with E-state index in [1.54, 1.807) is 17.8 Å². The molecule has 0 amide bonds. The van der Waals surface area contributed by atoms with Crippen LogP contribution in [0.1, 0.15) is 19.9 Å². The lowest BCUT2D eigenvalue weighted by Gasteiger charge is -2.09. The van der Waals surface area contributed by atoms with Crippen LogP contribution in [0.2, 0.25) is 0 Å². The van der Waals surface area contributed by atoms with Crippen LogP contribution in [0.4, 0.5) is 5.95 Å². The monoisotopic (exact) mass is 344 g/mol. The van der Waals surface area contributed by atoms with Crippen molar-refractivity contribution in [2.45, 2.75) is 30.1 Å². The van der Waals surface area contributed by atoms with E-state index in [9.17, 15) is 4.79 Å². The topological polar surface area (TPSA) is 88.5 Å². The van der Waals surface area contributed by atoms with Gasteiger partial charge in [0.1, 0.15) is 5.03 Å². The first-order valence-electron chi connectivity index (χ1n) is 5.58. The molecule has 0 aliphatic heterocycles. The van der Waals surface area contributed by atoms with E-state index in [-0.39, 0.29) is 11.7 Å². The van der Waals surface area contributed by atoms with Crippen molar-refractivity contribution in [2.75, 3.05) is 12.4 Å². The third kappa shape index (κ3) is 2.98. The number of aromatic nitrogens is 5. The number of rotatable bonds is 4. The van der Waals surface area contributed by atoms with Crippen molar-refractivity contribution in [1.82, 2.24) is 24.7 Å². The largest absolute Gasteiger partial charge is 0.357 e. The maximum Gasteiger partial charge on any atom is 0.344 e. The summed E-state index contributed by atoms with van der Waals surface area (Å²) in [6, 6.07) is 0.0260. The van der Waals surface area contributed by atoms with Crippen molar-refractivity contribution in [3.8, 4) is 0 Å². The van der Waals surface area contributed by atoms with Gasteiger partial charge in [0.15, 0.2) is 5.16 Å². The number of nitrogens with zero attached hydrogens (tertiary/aromatic N) is 4. The summed E-state index contributed by atoms with van der Waals surface area (Å²) < 4.78 is 2.33. The van der Waals surface area contributed by atoms with Crippen molar-refractivity contribution in [3.05, 3.63) is 21.2 Å². The second-order valence-corrected chi connectivity index (χ2v) is 5.78. The van der Waals surface area contributed by atoms with E-state index < -0.39 is 0 Å². The van der Waals surface area contributed by atoms with Gasteiger partial charge in [0.2, 0.25) is 5.95 Å². The smallest absolute Gasteiger partial charge is 0.344 e. The molecular formula is C10H13BrN6OS. The quantitative estimate of drug-likeness (QED) is 0.823. The molecule has 2 N–H and O–H groups in total. The molecule has 19 heavy (non-hydrogen) atoms. The van der Waals surface area contributed by atoms with Gasteiger partial charge in [-0.25, -0.2) is 19.9 Å². The predicted molar refractivity (Wildman–Crippen MR) is 76.6 cm³/mol. The average molecular weight is 345 g/mol. The molecule has 0 radical (unpaired) electrons. The second-order valence-electron chi connectivity index (χ2n) is 3.97. The minimum absolute atomic E-state index is 0.0260. The molecule has 102 valence electrons. The lowest BCUT2D eigenvalue weighted by molar-refractivity contribution is 0.534. The number of halogens is 1. The van der Waals surface area contributed by atoms with Crippen LogP contribution in [0.15, 0.2) is 25.6 Å². The van der Waals surface area contributed by atoms with Crippen LogP contribution in [0.5, 0.6) is 0 Å². The van der Waals surface area contributed by atoms with Crippen molar-refractivity contribution in [1.29, 1.82) is 0 Å². The third-order valence-corrected chi connectivity index (χ3v) is 4.13.